The summed E-state index contributed by atoms with van der Waals surface area (Å²) in [5.41, 5.74) is 4.04. The molecule has 0 saturated carbocycles. The number of nitrogens with zero attached hydrogens (tertiary/aromatic N) is 1. The fourth-order valence-electron chi connectivity index (χ4n) is 3.05. The molecule has 0 heterocycles. The molecule has 5 nitrogen and oxygen atoms in total. The normalized spacial score (nSPS) is 10.9. The van der Waals surface area contributed by atoms with Crippen LogP contribution in [0.4, 0.5) is 0 Å². The van der Waals surface area contributed by atoms with E-state index in [1.165, 1.54) is 6.21 Å². The second-order valence-electron chi connectivity index (χ2n) is 6.66. The maximum atomic E-state index is 12.6. The van der Waals surface area contributed by atoms with Crippen molar-refractivity contribution in [2.45, 2.75) is 0 Å². The first-order chi connectivity index (χ1) is 15.1. The molecule has 0 bridgehead atoms. The molecule has 1 N–H and O–H groups in total. The molecule has 0 aliphatic rings. The van der Waals surface area contributed by atoms with Gasteiger partial charge in [-0.25, -0.2) is 10.2 Å². The second kappa shape index (κ2) is 9.36. The van der Waals surface area contributed by atoms with E-state index in [0.29, 0.717) is 22.4 Å². The molecule has 0 fully saturated rings. The molecule has 0 atom stereocenters. The lowest BCUT2D eigenvalue weighted by Gasteiger charge is -2.10. The molecule has 4 aromatic carbocycles. The summed E-state index contributed by atoms with van der Waals surface area (Å²) in [7, 11) is 0. The van der Waals surface area contributed by atoms with E-state index in [4.69, 9.17) is 4.74 Å². The van der Waals surface area contributed by atoms with E-state index in [9.17, 15) is 9.59 Å². The lowest BCUT2D eigenvalue weighted by atomic mass is 10.0. The largest absolute Gasteiger partial charge is 0.422 e. The topological polar surface area (TPSA) is 67.8 Å². The average Bonchev–Trinajstić information content (AvgIpc) is 2.81. The molecule has 1 amide bonds. The van der Waals surface area contributed by atoms with Crippen molar-refractivity contribution in [2.24, 2.45) is 5.10 Å². The summed E-state index contributed by atoms with van der Waals surface area (Å²) in [6, 6.07) is 27.0. The number of carbonyl (C=O) groups is 2. The summed E-state index contributed by atoms with van der Waals surface area (Å²) in [4.78, 5) is 24.9. The van der Waals surface area contributed by atoms with Gasteiger partial charge in [-0.1, -0.05) is 64.5 Å². The Kier molecular flexibility index (Phi) is 6.19. The number of ether oxygens (including phenoxy) is 1. The molecular weight excluding hydrogens is 456 g/mol. The highest BCUT2D eigenvalue weighted by atomic mass is 79.9. The number of hydrogen-bond acceptors (Lipinski definition) is 4. The van der Waals surface area contributed by atoms with E-state index in [1.54, 1.807) is 54.6 Å². The highest BCUT2D eigenvalue weighted by Crippen LogP contribution is 2.27. The summed E-state index contributed by atoms with van der Waals surface area (Å²) in [5.74, 6) is -0.458. The zero-order chi connectivity index (χ0) is 21.6. The van der Waals surface area contributed by atoms with Gasteiger partial charge in [0, 0.05) is 15.6 Å². The highest BCUT2D eigenvalue weighted by molar-refractivity contribution is 9.10. The first-order valence-corrected chi connectivity index (χ1v) is 10.3. The van der Waals surface area contributed by atoms with Crippen LogP contribution >= 0.6 is 15.9 Å². The Morgan fingerprint density at radius 1 is 0.806 bits per heavy atom. The van der Waals surface area contributed by atoms with E-state index < -0.39 is 5.97 Å². The van der Waals surface area contributed by atoms with E-state index in [2.05, 4.69) is 26.5 Å². The van der Waals surface area contributed by atoms with Crippen LogP contribution in [-0.4, -0.2) is 18.1 Å². The van der Waals surface area contributed by atoms with Crippen molar-refractivity contribution >= 4 is 44.8 Å². The number of rotatable bonds is 5. The van der Waals surface area contributed by atoms with E-state index in [0.717, 1.165) is 15.2 Å². The van der Waals surface area contributed by atoms with Crippen molar-refractivity contribution in [3.8, 4) is 5.75 Å². The first kappa shape index (κ1) is 20.5. The number of esters is 1. The molecule has 31 heavy (non-hydrogen) atoms. The summed E-state index contributed by atoms with van der Waals surface area (Å²) < 4.78 is 6.54. The van der Waals surface area contributed by atoms with Crippen LogP contribution in [0, 0.1) is 0 Å². The molecule has 0 unspecified atom stereocenters. The van der Waals surface area contributed by atoms with Gasteiger partial charge in [0.25, 0.3) is 5.91 Å². The third-order valence-corrected chi connectivity index (χ3v) is 5.14. The SMILES string of the molecule is O=C(NN=Cc1c(OC(=O)c2ccc(Br)cc2)ccc2ccccc12)c1ccccc1. The monoisotopic (exact) mass is 472 g/mol. The Morgan fingerprint density at radius 2 is 1.52 bits per heavy atom. The van der Waals surface area contributed by atoms with Crippen molar-refractivity contribution in [1.29, 1.82) is 0 Å². The van der Waals surface area contributed by atoms with Gasteiger partial charge >= 0.3 is 5.97 Å². The van der Waals surface area contributed by atoms with Gasteiger partial charge < -0.3 is 4.74 Å². The maximum Gasteiger partial charge on any atom is 0.343 e. The molecule has 0 saturated heterocycles. The van der Waals surface area contributed by atoms with Gasteiger partial charge in [-0.15, -0.1) is 0 Å². The Balaban J connectivity index is 1.63. The summed E-state index contributed by atoms with van der Waals surface area (Å²) >= 11 is 3.35. The lowest BCUT2D eigenvalue weighted by molar-refractivity contribution is 0.0734. The molecule has 4 aromatic rings. The molecule has 6 heteroatoms. The number of hydrazone groups is 1. The fourth-order valence-corrected chi connectivity index (χ4v) is 3.32. The second-order valence-corrected chi connectivity index (χ2v) is 7.58. The third kappa shape index (κ3) is 4.87. The number of nitrogens with one attached hydrogen (secondary N) is 1. The van der Waals surface area contributed by atoms with Gasteiger partial charge in [-0.05, 0) is 53.2 Å². The van der Waals surface area contributed by atoms with Crippen LogP contribution in [-0.2, 0) is 0 Å². The number of benzene rings is 4. The minimum Gasteiger partial charge on any atom is -0.422 e. The van der Waals surface area contributed by atoms with Crippen LogP contribution in [0.1, 0.15) is 26.3 Å². The zero-order valence-electron chi connectivity index (χ0n) is 16.3. The van der Waals surface area contributed by atoms with Gasteiger partial charge in [0.05, 0.1) is 11.8 Å². The number of halogens is 1. The number of fused-ring (bicyclic) bond motifs is 1. The Morgan fingerprint density at radius 3 is 2.29 bits per heavy atom. The lowest BCUT2D eigenvalue weighted by Crippen LogP contribution is -2.17. The van der Waals surface area contributed by atoms with E-state index in [-0.39, 0.29) is 5.91 Å². The van der Waals surface area contributed by atoms with Crippen LogP contribution in [0.3, 0.4) is 0 Å². The van der Waals surface area contributed by atoms with Crippen molar-refractivity contribution in [1.82, 2.24) is 5.43 Å². The zero-order valence-corrected chi connectivity index (χ0v) is 17.9. The highest BCUT2D eigenvalue weighted by Gasteiger charge is 2.13. The predicted molar refractivity (Wildman–Crippen MR) is 125 cm³/mol. The third-order valence-electron chi connectivity index (χ3n) is 4.61. The van der Waals surface area contributed by atoms with Crippen LogP contribution in [0.25, 0.3) is 10.8 Å². The molecule has 152 valence electrons. The number of carbonyl (C=O) groups excluding carboxylic acids is 2. The average molecular weight is 473 g/mol. The molecule has 0 aliphatic carbocycles. The smallest absolute Gasteiger partial charge is 0.343 e. The standard InChI is InChI=1S/C25H17BrN2O3/c26-20-13-10-19(11-14-20)25(30)31-23-15-12-17-6-4-5-9-21(17)22(23)16-27-28-24(29)18-7-2-1-3-8-18/h1-16H,(H,28,29). The molecule has 0 aromatic heterocycles. The Labute approximate surface area is 187 Å². The molecule has 0 aliphatic heterocycles. The van der Waals surface area contributed by atoms with E-state index >= 15 is 0 Å². The molecule has 0 radical (unpaired) electrons. The summed E-state index contributed by atoms with van der Waals surface area (Å²) in [6.07, 6.45) is 1.49. The Bertz CT molecular complexity index is 1270. The number of amides is 1. The minimum atomic E-state index is -0.481. The van der Waals surface area contributed by atoms with Crippen molar-refractivity contribution in [3.05, 3.63) is 112 Å². The molecule has 4 rings (SSSR count). The van der Waals surface area contributed by atoms with Crippen molar-refractivity contribution < 1.29 is 14.3 Å². The number of hydrogen-bond donors (Lipinski definition) is 1. The molecule has 0 spiro atoms. The minimum absolute atomic E-state index is 0.328. The van der Waals surface area contributed by atoms with Crippen LogP contribution < -0.4 is 10.2 Å². The van der Waals surface area contributed by atoms with Crippen LogP contribution in [0.15, 0.2) is 101 Å². The van der Waals surface area contributed by atoms with Gasteiger partial charge in [-0.2, -0.15) is 5.10 Å². The summed E-state index contributed by atoms with van der Waals surface area (Å²) in [6.45, 7) is 0. The van der Waals surface area contributed by atoms with Gasteiger partial charge in [0.1, 0.15) is 5.75 Å². The van der Waals surface area contributed by atoms with Crippen LogP contribution in [0.5, 0.6) is 5.75 Å². The quantitative estimate of drug-likeness (QED) is 0.178. The fraction of sp³-hybridized carbons (Fsp3) is 0. The van der Waals surface area contributed by atoms with E-state index in [1.807, 2.05) is 36.4 Å². The predicted octanol–water partition coefficient (Wildman–Crippen LogP) is 5.59. The van der Waals surface area contributed by atoms with Crippen molar-refractivity contribution in [3.63, 3.8) is 0 Å². The van der Waals surface area contributed by atoms with Gasteiger partial charge in [0.15, 0.2) is 0 Å². The summed E-state index contributed by atoms with van der Waals surface area (Å²) in [5, 5.41) is 5.91. The maximum absolute atomic E-state index is 12.6. The Hall–Kier alpha value is -3.77. The van der Waals surface area contributed by atoms with Gasteiger partial charge in [-0.3, -0.25) is 4.79 Å². The first-order valence-electron chi connectivity index (χ1n) is 9.50. The van der Waals surface area contributed by atoms with Crippen LogP contribution in [0.2, 0.25) is 0 Å². The molecular formula is C25H17BrN2O3. The van der Waals surface area contributed by atoms with Crippen molar-refractivity contribution in [2.75, 3.05) is 0 Å². The van der Waals surface area contributed by atoms with Gasteiger partial charge in [0.2, 0.25) is 0 Å².